The summed E-state index contributed by atoms with van der Waals surface area (Å²) in [6.45, 7) is 6.07. The summed E-state index contributed by atoms with van der Waals surface area (Å²) in [5.74, 6) is 1.70. The summed E-state index contributed by atoms with van der Waals surface area (Å²) in [4.78, 5) is 36.8. The maximum absolute atomic E-state index is 12.6. The zero-order valence-electron chi connectivity index (χ0n) is 36.6. The number of likely N-dealkylation sites (tertiary alicyclic amines) is 1. The van der Waals surface area contributed by atoms with Gasteiger partial charge in [-0.15, -0.1) is 0 Å². The molecule has 4 aromatic rings. The first-order chi connectivity index (χ1) is 30.4. The van der Waals surface area contributed by atoms with Crippen LogP contribution in [0.4, 0.5) is 26.3 Å². The van der Waals surface area contributed by atoms with Gasteiger partial charge in [-0.1, -0.05) is 39.1 Å². The Balaban J connectivity index is 0.000000953. The summed E-state index contributed by atoms with van der Waals surface area (Å²) in [6.07, 6.45) is -4.49. The summed E-state index contributed by atoms with van der Waals surface area (Å²) in [5.41, 5.74) is -0.0163. The maximum atomic E-state index is 12.6. The number of carbonyl (C=O) groups excluding carboxylic acids is 3. The molecule has 1 radical (unpaired) electrons. The zero-order chi connectivity index (χ0) is 47.5. The molecule has 0 aliphatic carbocycles. The molecule has 2 saturated heterocycles. The minimum atomic E-state index is -4.35. The standard InChI is InChI=1S/C21H21ClF3NO2.C13H16F3NO.C8H6BrClO.C2H3N.CH2O3.2K/c22-18-7-3-16(4-8-18)20(27)13-26-11-1-2-15(12-26)14-28-19-9-5-17(6-10-19)21(23,24)25;14-13(15,16)11-3-5-12(6-4-11)18-9-10-2-1-7-17-8-10;9-5-8(11)6-1-3-7(10)4-2-6;1-2-3;2-1-4-3;;/h3-10,15H,1-2,11-14H2;3-6,10,17H,1-2,7-9H2;1-4H,5H2;1H3;1,3H;;/q;;;;;;+1/p-1. The van der Waals surface area contributed by atoms with Gasteiger partial charge in [0.25, 0.3) is 6.47 Å². The van der Waals surface area contributed by atoms with E-state index >= 15 is 0 Å². The van der Waals surface area contributed by atoms with Gasteiger partial charge in [0.15, 0.2) is 11.6 Å². The maximum Gasteiger partial charge on any atom is 1.00 e. The second-order valence-corrected chi connectivity index (χ2v) is 15.5. The Bertz CT molecular complexity index is 2010. The SMILES string of the molecule is CC#N.FC(F)(F)c1ccc(OCC2CCCNC2)cc1.O=C(CBr)c1ccc(Cl)cc1.O=C(CN1CCCC(COc2ccc(C(F)(F)F)cc2)C1)c1ccc(Cl)cc1.O=CO[O-].[K+].[K]. The van der Waals surface area contributed by atoms with Crippen molar-refractivity contribution >= 4 is 109 Å². The van der Waals surface area contributed by atoms with Gasteiger partial charge in [-0.2, -0.15) is 31.6 Å². The molecule has 0 saturated carbocycles. The molecule has 6 rings (SSSR count). The van der Waals surface area contributed by atoms with E-state index in [0.29, 0.717) is 63.7 Å². The monoisotopic (exact) mass is 1080 g/mol. The number of nitrogens with zero attached hydrogens (tertiary/aromatic N) is 2. The fourth-order valence-electron chi connectivity index (χ4n) is 6.05. The third-order valence-electron chi connectivity index (χ3n) is 9.20. The van der Waals surface area contributed by atoms with Crippen LogP contribution in [-0.2, 0) is 22.0 Å². The molecule has 0 aromatic heterocycles. The van der Waals surface area contributed by atoms with Gasteiger partial charge in [0.1, 0.15) is 11.5 Å². The second-order valence-electron chi connectivity index (χ2n) is 14.0. The first-order valence-corrected chi connectivity index (χ1v) is 21.5. The molecule has 2 aliphatic heterocycles. The molecule has 0 spiro atoms. The Morgan fingerprint density at radius 3 is 1.58 bits per heavy atom. The molecule has 10 nitrogen and oxygen atoms in total. The summed E-state index contributed by atoms with van der Waals surface area (Å²) < 4.78 is 86.0. The first-order valence-electron chi connectivity index (χ1n) is 19.6. The van der Waals surface area contributed by atoms with Gasteiger partial charge in [-0.05, 0) is 136 Å². The Morgan fingerprint density at radius 2 is 1.20 bits per heavy atom. The number of alkyl halides is 7. The van der Waals surface area contributed by atoms with E-state index in [1.54, 1.807) is 54.6 Å². The Kier molecular flexibility index (Phi) is 34.9. The number of nitriles is 1. The number of carbonyl (C=O) groups is 3. The number of nitrogens with one attached hydrogen (secondary N) is 1. The number of benzene rings is 4. The average Bonchev–Trinajstić information content (AvgIpc) is 3.29. The van der Waals surface area contributed by atoms with Crippen molar-refractivity contribution in [3.8, 4) is 17.6 Å². The molecule has 4 aromatic carbocycles. The summed E-state index contributed by atoms with van der Waals surface area (Å²) in [7, 11) is 0. The second kappa shape index (κ2) is 35.6. The fraction of sp³-hybridized carbons (Fsp3) is 0.378. The van der Waals surface area contributed by atoms with Crippen molar-refractivity contribution in [2.75, 3.05) is 51.3 Å². The summed E-state index contributed by atoms with van der Waals surface area (Å²) >= 11 is 14.6. The number of rotatable bonds is 12. The van der Waals surface area contributed by atoms with Crippen LogP contribution in [0.25, 0.3) is 0 Å². The van der Waals surface area contributed by atoms with E-state index in [2.05, 4.69) is 31.0 Å². The Labute approximate surface area is 484 Å². The van der Waals surface area contributed by atoms with Crippen molar-refractivity contribution in [2.24, 2.45) is 11.8 Å². The molecule has 2 heterocycles. The van der Waals surface area contributed by atoms with E-state index < -0.39 is 23.5 Å². The molecule has 0 amide bonds. The fourth-order valence-corrected chi connectivity index (χ4v) is 6.62. The van der Waals surface area contributed by atoms with Gasteiger partial charge < -0.3 is 24.9 Å². The topological polar surface area (TPSA) is 141 Å². The van der Waals surface area contributed by atoms with Gasteiger partial charge in [0.2, 0.25) is 0 Å². The molecule has 349 valence electrons. The molecular weight excluding hydrogens is 1040 g/mol. The average molecular weight is 1080 g/mol. The van der Waals surface area contributed by atoms with Crippen LogP contribution in [0.15, 0.2) is 97.1 Å². The van der Waals surface area contributed by atoms with E-state index in [4.69, 9.17) is 48.0 Å². The zero-order valence-corrected chi connectivity index (χ0v) is 46.0. The molecule has 21 heteroatoms. The van der Waals surface area contributed by atoms with E-state index in [-0.39, 0.29) is 127 Å². The number of halogens is 9. The minimum absolute atomic E-state index is 0. The van der Waals surface area contributed by atoms with Crippen LogP contribution >= 0.6 is 39.1 Å². The number of ketones is 2. The van der Waals surface area contributed by atoms with Crippen LogP contribution < -0.4 is 71.4 Å². The summed E-state index contributed by atoms with van der Waals surface area (Å²) in [5, 5.41) is 20.6. The van der Waals surface area contributed by atoms with Crippen molar-refractivity contribution in [1.29, 1.82) is 5.26 Å². The van der Waals surface area contributed by atoms with E-state index in [0.717, 1.165) is 76.1 Å². The van der Waals surface area contributed by atoms with Gasteiger partial charge in [-0.25, -0.2) is 0 Å². The van der Waals surface area contributed by atoms with Crippen LogP contribution in [0.5, 0.6) is 11.5 Å². The van der Waals surface area contributed by atoms with E-state index in [1.165, 1.54) is 31.2 Å². The van der Waals surface area contributed by atoms with Crippen molar-refractivity contribution in [3.63, 3.8) is 0 Å². The predicted molar refractivity (Wildman–Crippen MR) is 238 cm³/mol. The number of piperidine rings is 2. The molecule has 1 N–H and O–H groups in total. The van der Waals surface area contributed by atoms with Gasteiger partial charge in [0, 0.05) is 104 Å². The number of ether oxygens (including phenoxy) is 2. The van der Waals surface area contributed by atoms with E-state index in [1.807, 2.05) is 0 Å². The van der Waals surface area contributed by atoms with Crippen molar-refractivity contribution < 1.29 is 112 Å². The molecule has 2 atom stereocenters. The number of hydrogen-bond acceptors (Lipinski definition) is 10. The normalized spacial score (nSPS) is 15.4. The smallest absolute Gasteiger partial charge is 0.662 e. The number of hydrogen-bond donors (Lipinski definition) is 1. The van der Waals surface area contributed by atoms with Crippen molar-refractivity contribution in [3.05, 3.63) is 129 Å². The van der Waals surface area contributed by atoms with Gasteiger partial charge >= 0.3 is 63.7 Å². The third kappa shape index (κ3) is 27.1. The molecule has 2 aliphatic rings. The molecule has 66 heavy (non-hydrogen) atoms. The van der Waals surface area contributed by atoms with Crippen LogP contribution in [0.2, 0.25) is 10.0 Å². The molecule has 2 fully saturated rings. The van der Waals surface area contributed by atoms with Crippen molar-refractivity contribution in [2.45, 2.75) is 45.0 Å². The first kappa shape index (κ1) is 64.6. The molecular formula is C45H47BrCl2F6K2N3O7. The van der Waals surface area contributed by atoms with Gasteiger partial charge in [0.05, 0.1) is 42.3 Å². The van der Waals surface area contributed by atoms with Crippen molar-refractivity contribution in [1.82, 2.24) is 10.2 Å². The van der Waals surface area contributed by atoms with Crippen LogP contribution in [0.3, 0.4) is 0 Å². The molecule has 0 bridgehead atoms. The van der Waals surface area contributed by atoms with Crippen LogP contribution in [0, 0.1) is 23.2 Å². The van der Waals surface area contributed by atoms with Crippen LogP contribution in [0.1, 0.15) is 64.4 Å². The van der Waals surface area contributed by atoms with Crippen LogP contribution in [-0.4, -0.2) is 126 Å². The minimum Gasteiger partial charge on any atom is -0.662 e. The number of Topliss-reactive ketones (excluding diaryl/α,β-unsaturated/α-hetero) is 2. The third-order valence-corrected chi connectivity index (χ3v) is 10.2. The Hall–Kier alpha value is -1.43. The predicted octanol–water partition coefficient (Wildman–Crippen LogP) is 6.92. The van der Waals surface area contributed by atoms with E-state index in [9.17, 15) is 35.9 Å². The largest absolute Gasteiger partial charge is 1.00 e. The Morgan fingerprint density at radius 1 is 0.788 bits per heavy atom. The molecule has 2 unspecified atom stereocenters. The van der Waals surface area contributed by atoms with Gasteiger partial charge in [-0.3, -0.25) is 19.3 Å². The quantitative estimate of drug-likeness (QED) is 0.0303. The summed E-state index contributed by atoms with van der Waals surface area (Å²) in [6, 6.07) is 25.0.